The molecule has 1 aromatic rings. The molecule has 1 N–H and O–H groups in total. The Morgan fingerprint density at radius 2 is 2.11 bits per heavy atom. The number of aliphatic carboxylic acids is 1. The lowest BCUT2D eigenvalue weighted by Crippen LogP contribution is -2.51. The maximum absolute atomic E-state index is 12.1. The van der Waals surface area contributed by atoms with E-state index in [1.54, 1.807) is 37.2 Å². The maximum Gasteiger partial charge on any atom is 0.305 e. The Hall–Kier alpha value is -2.55. The minimum Gasteiger partial charge on any atom is -0.481 e. The first-order valence-corrected chi connectivity index (χ1v) is 5.72. The Balaban J connectivity index is 2.50. The van der Waals surface area contributed by atoms with Crippen molar-refractivity contribution in [1.82, 2.24) is 0 Å². The van der Waals surface area contributed by atoms with Crippen LogP contribution in [0.25, 0.3) is 0 Å². The first-order valence-electron chi connectivity index (χ1n) is 5.72. The van der Waals surface area contributed by atoms with Crippen LogP contribution in [-0.2, 0) is 9.59 Å². The van der Waals surface area contributed by atoms with Crippen LogP contribution in [0.3, 0.4) is 0 Å². The lowest BCUT2D eigenvalue weighted by Gasteiger charge is -2.39. The van der Waals surface area contributed by atoms with Gasteiger partial charge < -0.3 is 14.9 Å². The molecule has 6 heteroatoms. The van der Waals surface area contributed by atoms with Crippen molar-refractivity contribution >= 4 is 23.3 Å². The van der Waals surface area contributed by atoms with Crippen molar-refractivity contribution in [3.63, 3.8) is 0 Å². The van der Waals surface area contributed by atoms with E-state index >= 15 is 0 Å². The molecule has 1 heterocycles. The van der Waals surface area contributed by atoms with E-state index < -0.39 is 12.0 Å². The van der Waals surface area contributed by atoms with Gasteiger partial charge in [0.15, 0.2) is 0 Å². The number of likely N-dealkylation sites (N-methyl/N-ethyl adjacent to an activating group) is 2. The molecule has 0 bridgehead atoms. The summed E-state index contributed by atoms with van der Waals surface area (Å²) in [5, 5.41) is 17.8. The molecule has 0 aliphatic carbocycles. The van der Waals surface area contributed by atoms with Crippen molar-refractivity contribution in [2.45, 2.75) is 12.5 Å². The number of benzene rings is 1. The number of nitriles is 1. The van der Waals surface area contributed by atoms with Crippen molar-refractivity contribution in [2.24, 2.45) is 0 Å². The van der Waals surface area contributed by atoms with Crippen molar-refractivity contribution < 1.29 is 14.7 Å². The third kappa shape index (κ3) is 2.10. The highest BCUT2D eigenvalue weighted by molar-refractivity contribution is 6.06. The highest BCUT2D eigenvalue weighted by Crippen LogP contribution is 2.35. The average molecular weight is 259 g/mol. The van der Waals surface area contributed by atoms with Gasteiger partial charge in [0.2, 0.25) is 5.91 Å². The summed E-state index contributed by atoms with van der Waals surface area (Å²) in [5.41, 5.74) is 1.84. The molecule has 1 aromatic carbocycles. The molecule has 0 spiro atoms. The Morgan fingerprint density at radius 1 is 1.42 bits per heavy atom. The van der Waals surface area contributed by atoms with E-state index in [0.29, 0.717) is 16.9 Å². The molecule has 19 heavy (non-hydrogen) atoms. The third-order valence-electron chi connectivity index (χ3n) is 3.30. The molecule has 2 rings (SSSR count). The maximum atomic E-state index is 12.1. The van der Waals surface area contributed by atoms with Gasteiger partial charge in [-0.05, 0) is 18.2 Å². The van der Waals surface area contributed by atoms with E-state index in [1.807, 2.05) is 6.07 Å². The smallest absolute Gasteiger partial charge is 0.305 e. The van der Waals surface area contributed by atoms with Crippen LogP contribution in [0.5, 0.6) is 0 Å². The molecule has 0 aromatic heterocycles. The van der Waals surface area contributed by atoms with Gasteiger partial charge in [-0.15, -0.1) is 0 Å². The fourth-order valence-corrected chi connectivity index (χ4v) is 2.22. The molecule has 1 amide bonds. The number of hydrogen-bond acceptors (Lipinski definition) is 4. The Labute approximate surface area is 110 Å². The molecule has 0 saturated carbocycles. The number of carboxylic acid groups (broad SMARTS) is 1. The van der Waals surface area contributed by atoms with Crippen molar-refractivity contribution in [3.8, 4) is 6.07 Å². The molecule has 6 nitrogen and oxygen atoms in total. The van der Waals surface area contributed by atoms with Gasteiger partial charge in [-0.1, -0.05) is 0 Å². The molecular formula is C13H13N3O3. The summed E-state index contributed by atoms with van der Waals surface area (Å²) in [6.45, 7) is 0. The number of hydrogen-bond donors (Lipinski definition) is 1. The Morgan fingerprint density at radius 3 is 2.68 bits per heavy atom. The van der Waals surface area contributed by atoms with E-state index in [1.165, 1.54) is 4.90 Å². The van der Waals surface area contributed by atoms with Gasteiger partial charge in [0.25, 0.3) is 0 Å². The Bertz CT molecular complexity index is 591. The highest BCUT2D eigenvalue weighted by atomic mass is 16.4. The third-order valence-corrected chi connectivity index (χ3v) is 3.30. The minimum atomic E-state index is -1.03. The van der Waals surface area contributed by atoms with Crippen LogP contribution in [0.2, 0.25) is 0 Å². The van der Waals surface area contributed by atoms with E-state index in [9.17, 15) is 9.59 Å². The zero-order chi connectivity index (χ0) is 14.2. The number of fused-ring (bicyclic) bond motifs is 1. The molecule has 0 fully saturated rings. The van der Waals surface area contributed by atoms with Gasteiger partial charge in [-0.25, -0.2) is 0 Å². The van der Waals surface area contributed by atoms with Crippen molar-refractivity contribution in [2.75, 3.05) is 23.9 Å². The topological polar surface area (TPSA) is 84.6 Å². The fourth-order valence-electron chi connectivity index (χ4n) is 2.22. The predicted octanol–water partition coefficient (Wildman–Crippen LogP) is 0.814. The molecular weight excluding hydrogens is 246 g/mol. The first-order chi connectivity index (χ1) is 8.95. The summed E-state index contributed by atoms with van der Waals surface area (Å²) in [6, 6.07) is 6.27. The molecule has 98 valence electrons. The second-order valence-electron chi connectivity index (χ2n) is 4.44. The van der Waals surface area contributed by atoms with Gasteiger partial charge in [0.1, 0.15) is 6.04 Å². The second kappa shape index (κ2) is 4.61. The van der Waals surface area contributed by atoms with Crippen LogP contribution in [-0.4, -0.2) is 37.1 Å². The standard InChI is InChI=1S/C13H13N3O3/c1-15-10-5-8(7-14)3-4-9(10)16(2)13(19)11(15)6-12(17)18/h3-5,11H,6H2,1-2H3,(H,17,18). The van der Waals surface area contributed by atoms with Crippen molar-refractivity contribution in [3.05, 3.63) is 23.8 Å². The van der Waals surface area contributed by atoms with Gasteiger partial charge in [0, 0.05) is 14.1 Å². The van der Waals surface area contributed by atoms with Crippen molar-refractivity contribution in [1.29, 1.82) is 5.26 Å². The van der Waals surface area contributed by atoms with Crippen LogP contribution >= 0.6 is 0 Å². The predicted molar refractivity (Wildman–Crippen MR) is 69.0 cm³/mol. The summed E-state index contributed by atoms with van der Waals surface area (Å²) >= 11 is 0. The van der Waals surface area contributed by atoms with Crippen LogP contribution in [0, 0.1) is 11.3 Å². The molecule has 1 aliphatic heterocycles. The minimum absolute atomic E-state index is 0.262. The number of carbonyl (C=O) groups excluding carboxylic acids is 1. The zero-order valence-electron chi connectivity index (χ0n) is 10.6. The number of rotatable bonds is 2. The van der Waals surface area contributed by atoms with Gasteiger partial charge in [-0.2, -0.15) is 5.26 Å². The van der Waals surface area contributed by atoms with E-state index in [4.69, 9.17) is 10.4 Å². The van der Waals surface area contributed by atoms with E-state index in [-0.39, 0.29) is 12.3 Å². The number of amides is 1. The largest absolute Gasteiger partial charge is 0.481 e. The summed E-state index contributed by atoms with van der Waals surface area (Å²) < 4.78 is 0. The SMILES string of the molecule is CN1C(=O)C(CC(=O)O)N(C)c2cc(C#N)ccc21. The summed E-state index contributed by atoms with van der Waals surface area (Å²) in [7, 11) is 3.27. The van der Waals surface area contributed by atoms with Gasteiger partial charge in [-0.3, -0.25) is 9.59 Å². The van der Waals surface area contributed by atoms with Gasteiger partial charge in [0.05, 0.1) is 29.4 Å². The quantitative estimate of drug-likeness (QED) is 0.849. The number of carbonyl (C=O) groups is 2. The van der Waals surface area contributed by atoms with E-state index in [0.717, 1.165) is 0 Å². The van der Waals surface area contributed by atoms with Crippen LogP contribution in [0.4, 0.5) is 11.4 Å². The number of anilines is 2. The normalized spacial score (nSPS) is 17.9. The lowest BCUT2D eigenvalue weighted by molar-refractivity contribution is -0.139. The van der Waals surface area contributed by atoms with Crippen LogP contribution < -0.4 is 9.80 Å². The Kier molecular flexibility index (Phi) is 3.13. The van der Waals surface area contributed by atoms with Crippen LogP contribution in [0.1, 0.15) is 12.0 Å². The van der Waals surface area contributed by atoms with Gasteiger partial charge >= 0.3 is 5.97 Å². The average Bonchev–Trinajstić information content (AvgIpc) is 2.40. The molecule has 1 unspecified atom stereocenters. The summed E-state index contributed by atoms with van der Waals surface area (Å²) in [6.07, 6.45) is -0.268. The van der Waals surface area contributed by atoms with Crippen LogP contribution in [0.15, 0.2) is 18.2 Å². The molecule has 1 aliphatic rings. The highest BCUT2D eigenvalue weighted by Gasteiger charge is 2.35. The molecule has 0 radical (unpaired) electrons. The molecule has 0 saturated heterocycles. The lowest BCUT2D eigenvalue weighted by atomic mass is 10.0. The van der Waals surface area contributed by atoms with E-state index in [2.05, 4.69) is 0 Å². The zero-order valence-corrected chi connectivity index (χ0v) is 10.6. The fraction of sp³-hybridized carbons (Fsp3) is 0.308. The summed E-state index contributed by atoms with van der Waals surface area (Å²) in [4.78, 5) is 26.0. The second-order valence-corrected chi connectivity index (χ2v) is 4.44. The first kappa shape index (κ1) is 12.9. The molecule has 1 atom stereocenters. The summed E-state index contributed by atoms with van der Waals surface area (Å²) in [5.74, 6) is -1.29. The number of nitrogens with zero attached hydrogens (tertiary/aromatic N) is 3. The number of carboxylic acids is 1. The monoisotopic (exact) mass is 259 g/mol.